The fraction of sp³-hybridized carbons (Fsp3) is 0.286. The van der Waals surface area contributed by atoms with Crippen LogP contribution < -0.4 is 5.32 Å². The van der Waals surface area contributed by atoms with Gasteiger partial charge in [0, 0.05) is 28.6 Å². The lowest BCUT2D eigenvalue weighted by Crippen LogP contribution is -2.32. The molecule has 0 fully saturated rings. The second-order valence-corrected chi connectivity index (χ2v) is 7.61. The maximum atomic E-state index is 15.2. The molecule has 1 amide bonds. The van der Waals surface area contributed by atoms with Gasteiger partial charge in [0.1, 0.15) is 11.4 Å². The Bertz CT molecular complexity index is 1100. The molecule has 3 rings (SSSR count). The van der Waals surface area contributed by atoms with Crippen molar-refractivity contribution in [3.8, 4) is 11.1 Å². The zero-order valence-electron chi connectivity index (χ0n) is 16.5. The van der Waals surface area contributed by atoms with Crippen LogP contribution in [0.25, 0.3) is 22.1 Å². The molecule has 7 nitrogen and oxygen atoms in total. The summed E-state index contributed by atoms with van der Waals surface area (Å²) in [5, 5.41) is 16.3. The molecule has 3 aromatic rings. The number of rotatable bonds is 4. The van der Waals surface area contributed by atoms with E-state index in [1.807, 2.05) is 0 Å². The van der Waals surface area contributed by atoms with Crippen molar-refractivity contribution in [2.45, 2.75) is 39.8 Å². The van der Waals surface area contributed by atoms with Crippen molar-refractivity contribution < 1.29 is 28.3 Å². The van der Waals surface area contributed by atoms with Crippen LogP contribution in [0.4, 0.5) is 9.18 Å². The topological polar surface area (TPSA) is 102 Å². The first kappa shape index (κ1) is 20.3. The lowest BCUT2D eigenvalue weighted by Gasteiger charge is -2.20. The Morgan fingerprint density at radius 1 is 1.24 bits per heavy atom. The molecule has 0 radical (unpaired) electrons. The highest BCUT2D eigenvalue weighted by Crippen LogP contribution is 2.34. The Morgan fingerprint density at radius 3 is 2.62 bits per heavy atom. The molecule has 2 aromatic carbocycles. The third kappa shape index (κ3) is 4.37. The van der Waals surface area contributed by atoms with Crippen molar-refractivity contribution in [2.24, 2.45) is 0 Å². The SMILES string of the molecule is Cc1noc2c(-c3cccc(CNC(=O)OC(C)(C)C)c3F)cc(C(=O)O)cc12. The number of aromatic carboxylic acids is 1. The smallest absolute Gasteiger partial charge is 0.407 e. The number of hydrogen-bond donors (Lipinski definition) is 2. The summed E-state index contributed by atoms with van der Waals surface area (Å²) in [5.41, 5.74) is 0.775. The van der Waals surface area contributed by atoms with Crippen LogP contribution in [-0.4, -0.2) is 27.9 Å². The van der Waals surface area contributed by atoms with Gasteiger partial charge in [0.2, 0.25) is 0 Å². The number of carbonyl (C=O) groups is 2. The van der Waals surface area contributed by atoms with Crippen LogP contribution in [0.2, 0.25) is 0 Å². The monoisotopic (exact) mass is 400 g/mol. The van der Waals surface area contributed by atoms with Gasteiger partial charge in [-0.2, -0.15) is 0 Å². The summed E-state index contributed by atoms with van der Waals surface area (Å²) in [4.78, 5) is 23.3. The summed E-state index contributed by atoms with van der Waals surface area (Å²) in [6.45, 7) is 6.78. The fourth-order valence-electron chi connectivity index (χ4n) is 2.89. The highest BCUT2D eigenvalue weighted by Gasteiger charge is 2.20. The van der Waals surface area contributed by atoms with E-state index in [-0.39, 0.29) is 28.8 Å². The van der Waals surface area contributed by atoms with E-state index >= 15 is 4.39 Å². The van der Waals surface area contributed by atoms with Crippen LogP contribution in [0.5, 0.6) is 0 Å². The molecular weight excluding hydrogens is 379 g/mol. The average Bonchev–Trinajstić information content (AvgIpc) is 3.00. The number of carboxylic acids is 1. The first-order valence-electron chi connectivity index (χ1n) is 8.95. The molecule has 0 aliphatic rings. The second-order valence-electron chi connectivity index (χ2n) is 7.61. The molecule has 0 spiro atoms. The molecule has 1 aromatic heterocycles. The van der Waals surface area contributed by atoms with Crippen LogP contribution in [0.15, 0.2) is 34.9 Å². The molecule has 0 aliphatic carbocycles. The molecule has 0 saturated heterocycles. The Hall–Kier alpha value is -3.42. The summed E-state index contributed by atoms with van der Waals surface area (Å²) in [5.74, 6) is -1.74. The minimum absolute atomic E-state index is 0.00418. The van der Waals surface area contributed by atoms with Crippen molar-refractivity contribution in [3.05, 3.63) is 53.0 Å². The van der Waals surface area contributed by atoms with Gasteiger partial charge in [-0.3, -0.25) is 0 Å². The third-order valence-corrected chi connectivity index (χ3v) is 4.19. The first-order chi connectivity index (χ1) is 13.6. The van der Waals surface area contributed by atoms with Gasteiger partial charge in [-0.05, 0) is 39.8 Å². The minimum atomic E-state index is -1.14. The number of nitrogens with zero attached hydrogens (tertiary/aromatic N) is 1. The van der Waals surface area contributed by atoms with Crippen molar-refractivity contribution >= 4 is 23.0 Å². The van der Waals surface area contributed by atoms with Crippen LogP contribution in [0, 0.1) is 12.7 Å². The van der Waals surface area contributed by atoms with Gasteiger partial charge in [0.25, 0.3) is 0 Å². The Kier molecular flexibility index (Phi) is 5.28. The van der Waals surface area contributed by atoms with Gasteiger partial charge >= 0.3 is 12.1 Å². The van der Waals surface area contributed by atoms with Gasteiger partial charge in [0.05, 0.1) is 11.3 Å². The van der Waals surface area contributed by atoms with Gasteiger partial charge in [-0.25, -0.2) is 14.0 Å². The maximum Gasteiger partial charge on any atom is 0.407 e. The largest absolute Gasteiger partial charge is 0.478 e. The van der Waals surface area contributed by atoms with E-state index in [2.05, 4.69) is 10.5 Å². The Morgan fingerprint density at radius 2 is 1.97 bits per heavy atom. The van der Waals surface area contributed by atoms with Crippen LogP contribution in [0.3, 0.4) is 0 Å². The molecule has 29 heavy (non-hydrogen) atoms. The lowest BCUT2D eigenvalue weighted by molar-refractivity contribution is 0.0522. The van der Waals surface area contributed by atoms with E-state index in [1.54, 1.807) is 33.8 Å². The number of fused-ring (bicyclic) bond motifs is 1. The summed E-state index contributed by atoms with van der Waals surface area (Å²) in [6, 6.07) is 7.45. The summed E-state index contributed by atoms with van der Waals surface area (Å²) in [6.07, 6.45) is -0.663. The zero-order valence-corrected chi connectivity index (χ0v) is 16.5. The van der Waals surface area contributed by atoms with Gasteiger partial charge in [-0.15, -0.1) is 0 Å². The predicted octanol–water partition coefficient (Wildman–Crippen LogP) is 4.67. The van der Waals surface area contributed by atoms with Crippen molar-refractivity contribution in [2.75, 3.05) is 0 Å². The predicted molar refractivity (Wildman–Crippen MR) is 104 cm³/mol. The number of ether oxygens (including phenoxy) is 1. The summed E-state index contributed by atoms with van der Waals surface area (Å²) >= 11 is 0. The summed E-state index contributed by atoms with van der Waals surface area (Å²) in [7, 11) is 0. The number of benzene rings is 2. The number of carbonyl (C=O) groups excluding carboxylic acids is 1. The number of halogens is 1. The van der Waals surface area contributed by atoms with Crippen molar-refractivity contribution in [3.63, 3.8) is 0 Å². The third-order valence-electron chi connectivity index (χ3n) is 4.19. The van der Waals surface area contributed by atoms with E-state index in [0.717, 1.165) is 0 Å². The Labute approximate surface area is 166 Å². The van der Waals surface area contributed by atoms with Gasteiger partial charge in [-0.1, -0.05) is 23.4 Å². The van der Waals surface area contributed by atoms with Crippen molar-refractivity contribution in [1.82, 2.24) is 10.5 Å². The average molecular weight is 400 g/mol. The second kappa shape index (κ2) is 7.54. The Balaban J connectivity index is 2.00. The lowest BCUT2D eigenvalue weighted by atomic mass is 9.97. The zero-order chi connectivity index (χ0) is 21.3. The number of nitrogens with one attached hydrogen (secondary N) is 1. The number of aromatic nitrogens is 1. The van der Waals surface area contributed by atoms with E-state index < -0.39 is 23.5 Å². The normalized spacial score (nSPS) is 11.5. The standard InChI is InChI=1S/C21H21FN2O5/c1-11-15-8-13(19(25)26)9-16(18(15)29-24-11)14-7-5-6-12(17(14)22)10-23-20(27)28-21(2,3)4/h5-9H,10H2,1-4H3,(H,23,27)(H,25,26). The quantitative estimate of drug-likeness (QED) is 0.660. The van der Waals surface area contributed by atoms with E-state index in [1.165, 1.54) is 24.3 Å². The number of alkyl carbamates (subject to hydrolysis) is 1. The van der Waals surface area contributed by atoms with E-state index in [4.69, 9.17) is 9.26 Å². The maximum absolute atomic E-state index is 15.2. The fourth-order valence-corrected chi connectivity index (χ4v) is 2.89. The van der Waals surface area contributed by atoms with Crippen molar-refractivity contribution in [1.29, 1.82) is 0 Å². The molecule has 152 valence electrons. The molecule has 0 aliphatic heterocycles. The molecule has 2 N–H and O–H groups in total. The number of amides is 1. The molecule has 0 atom stereocenters. The van der Waals surface area contributed by atoms with E-state index in [0.29, 0.717) is 16.7 Å². The number of hydrogen-bond acceptors (Lipinski definition) is 5. The number of aryl methyl sites for hydroxylation is 1. The molecule has 8 heteroatoms. The van der Waals surface area contributed by atoms with E-state index in [9.17, 15) is 14.7 Å². The van der Waals surface area contributed by atoms with Gasteiger partial charge in [0.15, 0.2) is 5.58 Å². The van der Waals surface area contributed by atoms with Crippen LogP contribution >= 0.6 is 0 Å². The molecular formula is C21H21FN2O5. The first-order valence-corrected chi connectivity index (χ1v) is 8.95. The molecule has 0 bridgehead atoms. The highest BCUT2D eigenvalue weighted by molar-refractivity contribution is 6.01. The van der Waals surface area contributed by atoms with Crippen LogP contribution in [-0.2, 0) is 11.3 Å². The summed E-state index contributed by atoms with van der Waals surface area (Å²) < 4.78 is 25.7. The van der Waals surface area contributed by atoms with Gasteiger partial charge < -0.3 is 19.7 Å². The molecule has 0 unspecified atom stereocenters. The molecule has 1 heterocycles. The highest BCUT2D eigenvalue weighted by atomic mass is 19.1. The number of carboxylic acid groups (broad SMARTS) is 1. The minimum Gasteiger partial charge on any atom is -0.478 e. The molecule has 0 saturated carbocycles. The van der Waals surface area contributed by atoms with Crippen LogP contribution in [0.1, 0.15) is 42.4 Å².